The van der Waals surface area contributed by atoms with Crippen molar-refractivity contribution in [2.24, 2.45) is 0 Å². The minimum Gasteiger partial charge on any atom is -0.494 e. The van der Waals surface area contributed by atoms with Gasteiger partial charge in [-0.1, -0.05) is 0 Å². The molecule has 0 saturated heterocycles. The highest BCUT2D eigenvalue weighted by Gasteiger charge is 2.25. The Labute approximate surface area is 146 Å². The highest BCUT2D eigenvalue weighted by Crippen LogP contribution is 2.33. The number of rotatable bonds is 10. The van der Waals surface area contributed by atoms with Crippen LogP contribution in [-0.4, -0.2) is 62.0 Å². The average molecular weight is 389 g/mol. The Morgan fingerprint density at radius 3 is 2.48 bits per heavy atom. The minimum atomic E-state index is -3.75. The topological polar surface area (TPSA) is 103 Å². The Kier molecular flexibility index (Phi) is 10.4. The van der Waals surface area contributed by atoms with Gasteiger partial charge in [-0.25, -0.2) is 17.9 Å². The van der Waals surface area contributed by atoms with Crippen LogP contribution in [-0.2, 0) is 19.5 Å². The van der Waals surface area contributed by atoms with Gasteiger partial charge in [0.25, 0.3) is 10.0 Å². The number of nitrogens with one attached hydrogen (secondary N) is 2. The summed E-state index contributed by atoms with van der Waals surface area (Å²) >= 11 is 0.805. The van der Waals surface area contributed by atoms with Crippen LogP contribution in [0.4, 0.5) is 0 Å². The first kappa shape index (κ1) is 22.1. The molecule has 134 valence electrons. The molecular weight excluding hydrogens is 368 g/mol. The monoisotopic (exact) mass is 388 g/mol. The number of carbonyl (C=O) groups is 1. The standard InChI is InChI=1S/C12H20N2O6S2.ClH/c1-18-7-6-13-4-5-14-22(16,17)12-9(19-2)8-10(21-12)11(15)20-3;/h8,13-14H,4-7H2,1-3H3;1H. The van der Waals surface area contributed by atoms with Crippen LogP contribution in [0.1, 0.15) is 9.67 Å². The maximum absolute atomic E-state index is 12.2. The number of esters is 1. The van der Waals surface area contributed by atoms with Crippen LogP contribution in [0.5, 0.6) is 5.75 Å². The van der Waals surface area contributed by atoms with Crippen molar-refractivity contribution in [2.75, 3.05) is 47.6 Å². The van der Waals surface area contributed by atoms with Crippen LogP contribution in [0, 0.1) is 0 Å². The zero-order valence-corrected chi connectivity index (χ0v) is 15.5. The lowest BCUT2D eigenvalue weighted by Crippen LogP contribution is -2.32. The number of ether oxygens (including phenoxy) is 3. The summed E-state index contributed by atoms with van der Waals surface area (Å²) in [6, 6.07) is 1.35. The van der Waals surface area contributed by atoms with Gasteiger partial charge in [0.2, 0.25) is 0 Å². The predicted molar refractivity (Wildman–Crippen MR) is 89.4 cm³/mol. The van der Waals surface area contributed by atoms with Gasteiger partial charge in [-0.3, -0.25) is 0 Å². The molecular formula is C12H21ClN2O6S2. The van der Waals surface area contributed by atoms with Gasteiger partial charge in [-0.2, -0.15) is 0 Å². The summed E-state index contributed by atoms with van der Waals surface area (Å²) in [6.07, 6.45) is 0. The van der Waals surface area contributed by atoms with Crippen molar-refractivity contribution in [1.29, 1.82) is 0 Å². The Morgan fingerprint density at radius 2 is 1.91 bits per heavy atom. The van der Waals surface area contributed by atoms with E-state index in [0.717, 1.165) is 11.3 Å². The number of hydrogen-bond acceptors (Lipinski definition) is 8. The molecule has 1 rings (SSSR count). The molecule has 1 aromatic rings. The quantitative estimate of drug-likeness (QED) is 0.444. The lowest BCUT2D eigenvalue weighted by Gasteiger charge is -2.07. The number of thiophene rings is 1. The van der Waals surface area contributed by atoms with Crippen LogP contribution in [0.15, 0.2) is 10.3 Å². The third-order valence-corrected chi connectivity index (χ3v) is 5.67. The molecule has 8 nitrogen and oxygen atoms in total. The van der Waals surface area contributed by atoms with Gasteiger partial charge < -0.3 is 19.5 Å². The summed E-state index contributed by atoms with van der Waals surface area (Å²) in [5.41, 5.74) is 0. The van der Waals surface area contributed by atoms with Crippen molar-refractivity contribution in [2.45, 2.75) is 4.21 Å². The van der Waals surface area contributed by atoms with Gasteiger partial charge in [-0.05, 0) is 0 Å². The van der Waals surface area contributed by atoms with E-state index in [1.54, 1.807) is 7.11 Å². The summed E-state index contributed by atoms with van der Waals surface area (Å²) in [7, 11) is 0.408. The minimum absolute atomic E-state index is 0. The molecule has 23 heavy (non-hydrogen) atoms. The number of hydrogen-bond donors (Lipinski definition) is 2. The zero-order valence-electron chi connectivity index (χ0n) is 13.1. The molecule has 0 aliphatic heterocycles. The summed E-state index contributed by atoms with van der Waals surface area (Å²) in [5, 5.41) is 3.02. The summed E-state index contributed by atoms with van der Waals surface area (Å²) < 4.78 is 41.3. The molecule has 0 unspecified atom stereocenters. The van der Waals surface area contributed by atoms with E-state index >= 15 is 0 Å². The Bertz CT molecular complexity index is 590. The molecule has 11 heteroatoms. The Hall–Kier alpha value is -0.910. The number of carbonyl (C=O) groups excluding carboxylic acids is 1. The first-order valence-electron chi connectivity index (χ1n) is 6.41. The lowest BCUT2D eigenvalue weighted by molar-refractivity contribution is 0.0606. The molecule has 0 atom stereocenters. The second kappa shape index (κ2) is 10.8. The smallest absolute Gasteiger partial charge is 0.348 e. The molecule has 0 bridgehead atoms. The van der Waals surface area contributed by atoms with Crippen LogP contribution in [0.3, 0.4) is 0 Å². The zero-order chi connectivity index (χ0) is 16.6. The van der Waals surface area contributed by atoms with Gasteiger partial charge >= 0.3 is 5.97 Å². The van der Waals surface area contributed by atoms with Crippen LogP contribution >= 0.6 is 23.7 Å². The summed E-state index contributed by atoms with van der Waals surface area (Å²) in [4.78, 5) is 11.6. The maximum atomic E-state index is 12.2. The van der Waals surface area contributed by atoms with E-state index in [2.05, 4.69) is 14.8 Å². The van der Waals surface area contributed by atoms with E-state index in [1.165, 1.54) is 20.3 Å². The first-order valence-corrected chi connectivity index (χ1v) is 8.71. The maximum Gasteiger partial charge on any atom is 0.348 e. The summed E-state index contributed by atoms with van der Waals surface area (Å²) in [6.45, 7) is 1.85. The molecule has 0 aromatic carbocycles. The van der Waals surface area contributed by atoms with E-state index in [-0.39, 0.29) is 33.8 Å². The number of sulfonamides is 1. The van der Waals surface area contributed by atoms with Crippen molar-refractivity contribution in [3.05, 3.63) is 10.9 Å². The molecule has 0 radical (unpaired) electrons. The van der Waals surface area contributed by atoms with Gasteiger partial charge in [0.05, 0.1) is 20.8 Å². The van der Waals surface area contributed by atoms with Crippen molar-refractivity contribution in [3.63, 3.8) is 0 Å². The van der Waals surface area contributed by atoms with Gasteiger partial charge in [-0.15, -0.1) is 23.7 Å². The normalized spacial score (nSPS) is 10.9. The van der Waals surface area contributed by atoms with Crippen molar-refractivity contribution in [3.8, 4) is 5.75 Å². The van der Waals surface area contributed by atoms with Gasteiger partial charge in [0.15, 0.2) is 9.96 Å². The average Bonchev–Trinajstić information content (AvgIpc) is 2.95. The molecule has 1 aromatic heterocycles. The molecule has 0 aliphatic rings. The van der Waals surface area contributed by atoms with Crippen molar-refractivity contribution >= 4 is 39.7 Å². The third kappa shape index (κ3) is 6.61. The largest absolute Gasteiger partial charge is 0.494 e. The number of methoxy groups -OCH3 is 3. The van der Waals surface area contributed by atoms with Gasteiger partial charge in [0.1, 0.15) is 4.88 Å². The summed E-state index contributed by atoms with van der Waals surface area (Å²) in [5.74, 6) is -0.490. The first-order chi connectivity index (χ1) is 10.5. The van der Waals surface area contributed by atoms with E-state index in [0.29, 0.717) is 19.7 Å². The fourth-order valence-corrected chi connectivity index (χ4v) is 4.10. The molecule has 1 heterocycles. The lowest BCUT2D eigenvalue weighted by atomic mass is 10.4. The third-order valence-electron chi connectivity index (χ3n) is 2.59. The van der Waals surface area contributed by atoms with Crippen LogP contribution in [0.25, 0.3) is 0 Å². The SMILES string of the molecule is COCCNCCNS(=O)(=O)c1sc(C(=O)OC)cc1OC.Cl. The predicted octanol–water partition coefficient (Wildman–Crippen LogP) is 0.479. The molecule has 0 fully saturated rings. The van der Waals surface area contributed by atoms with Gasteiger partial charge in [0, 0.05) is 32.8 Å². The van der Waals surface area contributed by atoms with E-state index in [9.17, 15) is 13.2 Å². The van der Waals surface area contributed by atoms with Crippen LogP contribution in [0.2, 0.25) is 0 Å². The van der Waals surface area contributed by atoms with Crippen molar-refractivity contribution < 1.29 is 27.4 Å². The van der Waals surface area contributed by atoms with Crippen molar-refractivity contribution in [1.82, 2.24) is 10.0 Å². The highest BCUT2D eigenvalue weighted by molar-refractivity contribution is 7.91. The highest BCUT2D eigenvalue weighted by atomic mass is 35.5. The fraction of sp³-hybridized carbons (Fsp3) is 0.583. The molecule has 0 aliphatic carbocycles. The second-order valence-corrected chi connectivity index (χ2v) is 7.11. The molecule has 0 amide bonds. The van der Waals surface area contributed by atoms with E-state index < -0.39 is 16.0 Å². The van der Waals surface area contributed by atoms with E-state index in [4.69, 9.17) is 9.47 Å². The Balaban J connectivity index is 0.00000484. The Morgan fingerprint density at radius 1 is 1.22 bits per heavy atom. The molecule has 0 spiro atoms. The number of halogens is 1. The molecule has 2 N–H and O–H groups in total. The molecule has 0 saturated carbocycles. The van der Waals surface area contributed by atoms with E-state index in [1.807, 2.05) is 0 Å². The fourth-order valence-electron chi connectivity index (χ4n) is 1.53. The second-order valence-electron chi connectivity index (χ2n) is 4.10. The van der Waals surface area contributed by atoms with Crippen LogP contribution < -0.4 is 14.8 Å².